The number of piperidine rings is 1. The zero-order valence-electron chi connectivity index (χ0n) is 13.3. The van der Waals surface area contributed by atoms with Crippen LogP contribution in [-0.2, 0) is 4.79 Å². The average Bonchev–Trinajstić information content (AvgIpc) is 2.98. The average molecular weight is 385 g/mol. The number of hydrogen-bond donors (Lipinski definition) is 1. The molecule has 0 aromatic heterocycles. The molecule has 1 spiro atoms. The Bertz CT molecular complexity index is 580. The van der Waals surface area contributed by atoms with E-state index in [-0.39, 0.29) is 11.7 Å². The molecule has 0 saturated carbocycles. The summed E-state index contributed by atoms with van der Waals surface area (Å²) in [6.07, 6.45) is 2.74. The van der Waals surface area contributed by atoms with Gasteiger partial charge in [0.05, 0.1) is 4.47 Å². The van der Waals surface area contributed by atoms with Crippen LogP contribution in [0.15, 0.2) is 22.7 Å². The second-order valence-electron chi connectivity index (χ2n) is 6.59. The van der Waals surface area contributed by atoms with E-state index in [4.69, 9.17) is 4.74 Å². The fourth-order valence-electron chi connectivity index (χ4n) is 3.49. The summed E-state index contributed by atoms with van der Waals surface area (Å²) in [6.45, 7) is 5.49. The Morgan fingerprint density at radius 2 is 2.13 bits per heavy atom. The summed E-state index contributed by atoms with van der Waals surface area (Å²) in [7, 11) is 0. The minimum atomic E-state index is -0.576. The zero-order valence-corrected chi connectivity index (χ0v) is 14.9. The number of nitrogens with one attached hydrogen (secondary N) is 1. The molecular weight excluding hydrogens is 363 g/mol. The summed E-state index contributed by atoms with van der Waals surface area (Å²) >= 11 is 3.26. The van der Waals surface area contributed by atoms with Crippen molar-refractivity contribution in [1.29, 1.82) is 0 Å². The van der Waals surface area contributed by atoms with Crippen LogP contribution in [0.2, 0.25) is 0 Å². The molecular formula is C17H22BrFN2O2. The lowest BCUT2D eigenvalue weighted by Crippen LogP contribution is -2.48. The van der Waals surface area contributed by atoms with Gasteiger partial charge in [-0.05, 0) is 72.3 Å². The minimum Gasteiger partial charge on any atom is -0.480 e. The first kappa shape index (κ1) is 16.7. The van der Waals surface area contributed by atoms with Crippen molar-refractivity contribution in [2.24, 2.45) is 5.41 Å². The Kier molecular flexibility index (Phi) is 4.92. The van der Waals surface area contributed by atoms with Crippen LogP contribution < -0.4 is 10.1 Å². The molecule has 1 unspecified atom stereocenters. The summed E-state index contributed by atoms with van der Waals surface area (Å²) in [5, 5.41) is 3.43. The van der Waals surface area contributed by atoms with Gasteiger partial charge in [0.15, 0.2) is 6.10 Å². The third-order valence-electron chi connectivity index (χ3n) is 5.01. The molecule has 2 aliphatic heterocycles. The maximum atomic E-state index is 13.1. The molecule has 2 heterocycles. The number of nitrogens with zero attached hydrogens (tertiary/aromatic N) is 1. The second-order valence-corrected chi connectivity index (χ2v) is 7.44. The van der Waals surface area contributed by atoms with Crippen molar-refractivity contribution >= 4 is 21.8 Å². The van der Waals surface area contributed by atoms with E-state index in [2.05, 4.69) is 21.2 Å². The monoisotopic (exact) mass is 384 g/mol. The molecule has 1 N–H and O–H groups in total. The summed E-state index contributed by atoms with van der Waals surface area (Å²) in [4.78, 5) is 14.5. The predicted molar refractivity (Wildman–Crippen MR) is 89.9 cm³/mol. The minimum absolute atomic E-state index is 0.00188. The van der Waals surface area contributed by atoms with Crippen molar-refractivity contribution in [1.82, 2.24) is 10.2 Å². The Hall–Kier alpha value is -1.14. The van der Waals surface area contributed by atoms with Crippen molar-refractivity contribution in [2.75, 3.05) is 26.2 Å². The molecule has 2 aliphatic rings. The molecule has 2 saturated heterocycles. The van der Waals surface area contributed by atoms with Crippen LogP contribution in [0.5, 0.6) is 5.75 Å². The quantitative estimate of drug-likeness (QED) is 0.870. The van der Waals surface area contributed by atoms with Crippen LogP contribution in [0.4, 0.5) is 4.39 Å². The largest absolute Gasteiger partial charge is 0.480 e. The summed E-state index contributed by atoms with van der Waals surface area (Å²) in [6, 6.07) is 4.21. The molecule has 0 bridgehead atoms. The Labute approximate surface area is 144 Å². The van der Waals surface area contributed by atoms with Gasteiger partial charge in [-0.2, -0.15) is 0 Å². The lowest BCUT2D eigenvalue weighted by molar-refractivity contribution is -0.140. The van der Waals surface area contributed by atoms with Gasteiger partial charge in [0.2, 0.25) is 0 Å². The predicted octanol–water partition coefficient (Wildman–Crippen LogP) is 2.96. The summed E-state index contributed by atoms with van der Waals surface area (Å²) in [5.74, 6) is 0.150. The maximum Gasteiger partial charge on any atom is 0.263 e. The number of rotatable bonds is 3. The van der Waals surface area contributed by atoms with Crippen molar-refractivity contribution in [3.05, 3.63) is 28.5 Å². The van der Waals surface area contributed by atoms with Crippen LogP contribution in [0, 0.1) is 11.2 Å². The highest BCUT2D eigenvalue weighted by molar-refractivity contribution is 9.10. The van der Waals surface area contributed by atoms with E-state index in [1.54, 1.807) is 13.0 Å². The van der Waals surface area contributed by atoms with Gasteiger partial charge in [0.25, 0.3) is 5.91 Å². The molecule has 1 aromatic rings. The zero-order chi connectivity index (χ0) is 16.4. The molecule has 126 valence electrons. The number of carbonyl (C=O) groups excluding carboxylic acids is 1. The molecule has 0 aliphatic carbocycles. The molecule has 2 fully saturated rings. The number of amides is 1. The van der Waals surface area contributed by atoms with Crippen molar-refractivity contribution < 1.29 is 13.9 Å². The fourth-order valence-corrected chi connectivity index (χ4v) is 3.94. The van der Waals surface area contributed by atoms with E-state index in [1.165, 1.54) is 18.6 Å². The molecule has 23 heavy (non-hydrogen) atoms. The second kappa shape index (κ2) is 6.77. The summed E-state index contributed by atoms with van der Waals surface area (Å²) in [5.41, 5.74) is 0.390. The van der Waals surface area contributed by atoms with Gasteiger partial charge in [-0.15, -0.1) is 0 Å². The lowest BCUT2D eigenvalue weighted by Gasteiger charge is -2.39. The van der Waals surface area contributed by atoms with Crippen LogP contribution in [-0.4, -0.2) is 43.1 Å². The topological polar surface area (TPSA) is 41.6 Å². The highest BCUT2D eigenvalue weighted by Crippen LogP contribution is 2.37. The van der Waals surface area contributed by atoms with Crippen LogP contribution in [0.3, 0.4) is 0 Å². The Balaban J connectivity index is 1.57. The third-order valence-corrected chi connectivity index (χ3v) is 5.63. The number of carbonyl (C=O) groups is 1. The van der Waals surface area contributed by atoms with Gasteiger partial charge in [-0.25, -0.2) is 4.39 Å². The van der Waals surface area contributed by atoms with Gasteiger partial charge in [0, 0.05) is 19.6 Å². The summed E-state index contributed by atoms with van der Waals surface area (Å²) < 4.78 is 19.3. The fraction of sp³-hybridized carbons (Fsp3) is 0.588. The van der Waals surface area contributed by atoms with E-state index in [0.29, 0.717) is 15.6 Å². The number of benzene rings is 1. The first-order valence-electron chi connectivity index (χ1n) is 8.10. The molecule has 3 rings (SSSR count). The molecule has 1 amide bonds. The molecule has 4 nitrogen and oxygen atoms in total. The highest BCUT2D eigenvalue weighted by Gasteiger charge is 2.38. The maximum absolute atomic E-state index is 13.1. The van der Waals surface area contributed by atoms with E-state index >= 15 is 0 Å². The van der Waals surface area contributed by atoms with Gasteiger partial charge >= 0.3 is 0 Å². The van der Waals surface area contributed by atoms with Crippen molar-refractivity contribution in [2.45, 2.75) is 32.3 Å². The number of halogens is 2. The Morgan fingerprint density at radius 3 is 2.74 bits per heavy atom. The van der Waals surface area contributed by atoms with Gasteiger partial charge < -0.3 is 15.0 Å². The molecule has 0 radical (unpaired) electrons. The van der Waals surface area contributed by atoms with E-state index in [1.807, 2.05) is 4.90 Å². The molecule has 1 atom stereocenters. The van der Waals surface area contributed by atoms with Gasteiger partial charge in [0.1, 0.15) is 11.6 Å². The first-order valence-corrected chi connectivity index (χ1v) is 8.90. The van der Waals surface area contributed by atoms with Crippen LogP contribution in [0.1, 0.15) is 26.2 Å². The molecule has 1 aromatic carbocycles. The lowest BCUT2D eigenvalue weighted by atomic mass is 9.78. The van der Waals surface area contributed by atoms with Gasteiger partial charge in [-0.1, -0.05) is 0 Å². The highest BCUT2D eigenvalue weighted by atomic mass is 79.9. The van der Waals surface area contributed by atoms with Crippen LogP contribution >= 0.6 is 15.9 Å². The van der Waals surface area contributed by atoms with E-state index in [0.717, 1.165) is 39.0 Å². The molecule has 6 heteroatoms. The Morgan fingerprint density at radius 1 is 1.39 bits per heavy atom. The van der Waals surface area contributed by atoms with Crippen molar-refractivity contribution in [3.63, 3.8) is 0 Å². The number of hydrogen-bond acceptors (Lipinski definition) is 3. The van der Waals surface area contributed by atoms with Gasteiger partial charge in [-0.3, -0.25) is 4.79 Å². The number of ether oxygens (including phenoxy) is 1. The third kappa shape index (κ3) is 3.69. The normalized spacial score (nSPS) is 21.4. The number of likely N-dealkylation sites (tertiary alicyclic amines) is 1. The smallest absolute Gasteiger partial charge is 0.263 e. The van der Waals surface area contributed by atoms with E-state index in [9.17, 15) is 9.18 Å². The first-order chi connectivity index (χ1) is 11.0. The van der Waals surface area contributed by atoms with E-state index < -0.39 is 6.10 Å². The van der Waals surface area contributed by atoms with Crippen LogP contribution in [0.25, 0.3) is 0 Å². The standard InChI is InChI=1S/C17H22BrFN2O2/c1-12(23-15-3-2-13(19)10-14(15)18)16(22)21-8-5-17(6-9-21)4-7-20-11-17/h2-3,10,12,20H,4-9,11H2,1H3. The SMILES string of the molecule is CC(Oc1ccc(F)cc1Br)C(=O)N1CCC2(CCNC2)CC1. The van der Waals surface area contributed by atoms with Crippen molar-refractivity contribution in [3.8, 4) is 5.75 Å².